The predicted molar refractivity (Wildman–Crippen MR) is 121 cm³/mol. The number of benzene rings is 1. The van der Waals surface area contributed by atoms with Gasteiger partial charge < -0.3 is 19.7 Å². The monoisotopic (exact) mass is 470 g/mol. The van der Waals surface area contributed by atoms with Crippen molar-refractivity contribution < 1.29 is 27.5 Å². The highest BCUT2D eigenvalue weighted by molar-refractivity contribution is 7.88. The summed E-state index contributed by atoms with van der Waals surface area (Å²) in [7, 11) is -0.629. The first kappa shape index (κ1) is 26.0. The molecule has 1 fully saturated rings. The molecule has 10 nitrogen and oxygen atoms in total. The minimum atomic E-state index is -3.53. The lowest BCUT2D eigenvalue weighted by Crippen LogP contribution is -2.51. The number of morpholine rings is 1. The van der Waals surface area contributed by atoms with E-state index in [-0.39, 0.29) is 19.0 Å². The van der Waals surface area contributed by atoms with Gasteiger partial charge in [0.25, 0.3) is 0 Å². The van der Waals surface area contributed by atoms with Crippen molar-refractivity contribution in [1.82, 2.24) is 19.4 Å². The fourth-order valence-corrected chi connectivity index (χ4v) is 3.56. The summed E-state index contributed by atoms with van der Waals surface area (Å²) < 4.78 is 35.0. The highest BCUT2D eigenvalue weighted by atomic mass is 32.2. The van der Waals surface area contributed by atoms with Gasteiger partial charge in [-0.05, 0) is 24.6 Å². The zero-order valence-electron chi connectivity index (χ0n) is 19.2. The van der Waals surface area contributed by atoms with Gasteiger partial charge in [0.2, 0.25) is 21.8 Å². The molecule has 2 rings (SSSR count). The van der Waals surface area contributed by atoms with Gasteiger partial charge in [-0.3, -0.25) is 14.5 Å². The van der Waals surface area contributed by atoms with Gasteiger partial charge >= 0.3 is 0 Å². The number of sulfonamides is 1. The normalized spacial score (nSPS) is 15.9. The molecule has 1 aromatic carbocycles. The van der Waals surface area contributed by atoms with Crippen molar-refractivity contribution in [2.45, 2.75) is 19.5 Å². The van der Waals surface area contributed by atoms with E-state index in [9.17, 15) is 18.0 Å². The Morgan fingerprint density at radius 3 is 2.41 bits per heavy atom. The van der Waals surface area contributed by atoms with Crippen LogP contribution in [0.1, 0.15) is 12.5 Å². The molecule has 0 saturated carbocycles. The molecule has 0 bridgehead atoms. The maximum Gasteiger partial charge on any atom is 0.242 e. The van der Waals surface area contributed by atoms with Crippen molar-refractivity contribution in [2.75, 3.05) is 66.4 Å². The quantitative estimate of drug-likeness (QED) is 0.475. The topological polar surface area (TPSA) is 108 Å². The fraction of sp³-hybridized carbons (Fsp3) is 0.619. The molecular weight excluding hydrogens is 436 g/mol. The van der Waals surface area contributed by atoms with Gasteiger partial charge in [-0.2, -0.15) is 4.31 Å². The number of carbonyl (C=O) groups is 2. The summed E-state index contributed by atoms with van der Waals surface area (Å²) in [6, 6.07) is 6.38. The minimum absolute atomic E-state index is 0.165. The third-order valence-corrected chi connectivity index (χ3v) is 6.70. The molecule has 1 heterocycles. The molecule has 0 spiro atoms. The predicted octanol–water partition coefficient (Wildman–Crippen LogP) is -0.248. The number of nitrogens with one attached hydrogen (secondary N) is 1. The number of methoxy groups -OCH3 is 1. The van der Waals surface area contributed by atoms with E-state index in [2.05, 4.69) is 10.2 Å². The smallest absolute Gasteiger partial charge is 0.242 e. The number of carbonyl (C=O) groups excluding carboxylic acids is 2. The molecular formula is C21H34N4O6S. The largest absolute Gasteiger partial charge is 0.497 e. The van der Waals surface area contributed by atoms with Crippen molar-refractivity contribution in [2.24, 2.45) is 0 Å². The SMILES string of the molecule is COc1ccc(CN(C(=O)CN(C)S(C)(=O)=O)[C@H](C)C(=O)NCCN2CCOCC2)cc1. The van der Waals surface area contributed by atoms with Crippen LogP contribution in [0.25, 0.3) is 0 Å². The first-order chi connectivity index (χ1) is 15.1. The van der Waals surface area contributed by atoms with Crippen LogP contribution in [0.3, 0.4) is 0 Å². The van der Waals surface area contributed by atoms with Crippen molar-refractivity contribution >= 4 is 21.8 Å². The van der Waals surface area contributed by atoms with Crippen LogP contribution in [0, 0.1) is 0 Å². The first-order valence-electron chi connectivity index (χ1n) is 10.5. The summed E-state index contributed by atoms with van der Waals surface area (Å²) in [6.45, 7) is 5.63. The Hall–Kier alpha value is -2.21. The Morgan fingerprint density at radius 2 is 1.84 bits per heavy atom. The van der Waals surface area contributed by atoms with Crippen LogP contribution in [0.4, 0.5) is 0 Å². The average molecular weight is 471 g/mol. The maximum absolute atomic E-state index is 13.0. The molecule has 180 valence electrons. The zero-order valence-corrected chi connectivity index (χ0v) is 20.1. The summed E-state index contributed by atoms with van der Waals surface area (Å²) in [4.78, 5) is 29.4. The zero-order chi connectivity index (χ0) is 23.7. The van der Waals surface area contributed by atoms with E-state index in [1.165, 1.54) is 11.9 Å². The van der Waals surface area contributed by atoms with Gasteiger partial charge in [-0.25, -0.2) is 8.42 Å². The maximum atomic E-state index is 13.0. The molecule has 0 aliphatic carbocycles. The van der Waals surface area contributed by atoms with Crippen LogP contribution in [0.2, 0.25) is 0 Å². The second kappa shape index (κ2) is 12.1. The number of likely N-dealkylation sites (N-methyl/N-ethyl adjacent to an activating group) is 1. The summed E-state index contributed by atoms with van der Waals surface area (Å²) in [6.07, 6.45) is 1.04. The van der Waals surface area contributed by atoms with Crippen molar-refractivity contribution in [3.63, 3.8) is 0 Å². The molecule has 1 saturated heterocycles. The molecule has 32 heavy (non-hydrogen) atoms. The number of nitrogens with zero attached hydrogens (tertiary/aromatic N) is 3. The Bertz CT molecular complexity index is 856. The van der Waals surface area contributed by atoms with Crippen LogP contribution in [-0.4, -0.2) is 107 Å². The highest BCUT2D eigenvalue weighted by Gasteiger charge is 2.28. The van der Waals surface area contributed by atoms with E-state index in [1.807, 2.05) is 12.1 Å². The summed E-state index contributed by atoms with van der Waals surface area (Å²) in [5, 5.41) is 2.89. The molecule has 1 N–H and O–H groups in total. The molecule has 2 amide bonds. The van der Waals surface area contributed by atoms with Crippen LogP contribution < -0.4 is 10.1 Å². The molecule has 1 aromatic rings. The molecule has 11 heteroatoms. The average Bonchev–Trinajstić information content (AvgIpc) is 2.77. The van der Waals surface area contributed by atoms with E-state index < -0.39 is 22.0 Å². The number of hydrogen-bond acceptors (Lipinski definition) is 7. The Kier molecular flexibility index (Phi) is 9.88. The number of rotatable bonds is 11. The van der Waals surface area contributed by atoms with Crippen LogP contribution in [0.15, 0.2) is 24.3 Å². The number of ether oxygens (including phenoxy) is 2. The van der Waals surface area contributed by atoms with Crippen LogP contribution in [0.5, 0.6) is 5.75 Å². The minimum Gasteiger partial charge on any atom is -0.497 e. The van der Waals surface area contributed by atoms with Crippen LogP contribution >= 0.6 is 0 Å². The van der Waals surface area contributed by atoms with E-state index in [1.54, 1.807) is 26.2 Å². The van der Waals surface area contributed by atoms with Gasteiger partial charge in [0, 0.05) is 39.8 Å². The molecule has 0 aromatic heterocycles. The van der Waals surface area contributed by atoms with E-state index in [0.717, 1.165) is 29.2 Å². The van der Waals surface area contributed by atoms with E-state index in [4.69, 9.17) is 9.47 Å². The van der Waals surface area contributed by atoms with Crippen molar-refractivity contribution in [1.29, 1.82) is 0 Å². The highest BCUT2D eigenvalue weighted by Crippen LogP contribution is 2.15. The lowest BCUT2D eigenvalue weighted by atomic mass is 10.1. The van der Waals surface area contributed by atoms with E-state index >= 15 is 0 Å². The Morgan fingerprint density at radius 1 is 1.22 bits per heavy atom. The van der Waals surface area contributed by atoms with E-state index in [0.29, 0.717) is 32.1 Å². The second-order valence-corrected chi connectivity index (χ2v) is 9.90. The number of amides is 2. The van der Waals surface area contributed by atoms with Crippen LogP contribution in [-0.2, 0) is 30.9 Å². The molecule has 1 atom stereocenters. The molecule has 1 aliphatic rings. The van der Waals surface area contributed by atoms with Gasteiger partial charge in [-0.15, -0.1) is 0 Å². The van der Waals surface area contributed by atoms with Crippen molar-refractivity contribution in [3.05, 3.63) is 29.8 Å². The molecule has 1 aliphatic heterocycles. The van der Waals surface area contributed by atoms with Gasteiger partial charge in [0.15, 0.2) is 0 Å². The number of hydrogen-bond donors (Lipinski definition) is 1. The second-order valence-electron chi connectivity index (χ2n) is 7.81. The molecule has 0 unspecified atom stereocenters. The first-order valence-corrected chi connectivity index (χ1v) is 12.4. The van der Waals surface area contributed by atoms with Gasteiger partial charge in [-0.1, -0.05) is 12.1 Å². The standard InChI is InChI=1S/C21H34N4O6S/c1-17(21(27)22-9-10-24-11-13-31-14-12-24)25(20(26)16-23(2)32(4,28)29)15-18-5-7-19(30-3)8-6-18/h5-8,17H,9-16H2,1-4H3,(H,22,27)/t17-/m1/s1. The Labute approximate surface area is 190 Å². The lowest BCUT2D eigenvalue weighted by molar-refractivity contribution is -0.140. The third kappa shape index (κ3) is 8.05. The summed E-state index contributed by atoms with van der Waals surface area (Å²) in [5.74, 6) is -0.0657. The lowest BCUT2D eigenvalue weighted by Gasteiger charge is -2.31. The summed E-state index contributed by atoms with van der Waals surface area (Å²) >= 11 is 0. The van der Waals surface area contributed by atoms with Gasteiger partial charge in [0.1, 0.15) is 11.8 Å². The molecule has 0 radical (unpaired) electrons. The fourth-order valence-electron chi connectivity index (χ4n) is 3.22. The Balaban J connectivity index is 2.06. The summed E-state index contributed by atoms with van der Waals surface area (Å²) in [5.41, 5.74) is 0.800. The third-order valence-electron chi connectivity index (χ3n) is 5.43. The van der Waals surface area contributed by atoms with Crippen molar-refractivity contribution in [3.8, 4) is 5.75 Å². The van der Waals surface area contributed by atoms with Gasteiger partial charge in [0.05, 0.1) is 33.1 Å².